The average molecular weight is 1030 g/mol. The number of nitrogens with zero attached hydrogens (tertiary/aromatic N) is 4. The Labute approximate surface area is 427 Å². The number of benzene rings is 2. The van der Waals surface area contributed by atoms with Gasteiger partial charge in [-0.3, -0.25) is 19.1 Å². The molecule has 18 heteroatoms. The lowest BCUT2D eigenvalue weighted by Gasteiger charge is -2.37. The number of ether oxygens (including phenoxy) is 3. The van der Waals surface area contributed by atoms with Crippen LogP contribution in [0.3, 0.4) is 0 Å². The highest BCUT2D eigenvalue weighted by Gasteiger charge is 2.39. The van der Waals surface area contributed by atoms with Gasteiger partial charge in [0.15, 0.2) is 4.90 Å². The van der Waals surface area contributed by atoms with E-state index in [2.05, 4.69) is 54.1 Å². The molecule has 2 aliphatic heterocycles. The first kappa shape index (κ1) is 54.2. The number of rotatable bonds is 20. The van der Waals surface area contributed by atoms with E-state index in [9.17, 15) is 27.4 Å². The molecule has 388 valence electrons. The van der Waals surface area contributed by atoms with Crippen LogP contribution in [0.5, 0.6) is 5.75 Å². The number of aliphatic imine (C=N–C) groups is 1. The predicted octanol–water partition coefficient (Wildman–Crippen LogP) is 7.90. The van der Waals surface area contributed by atoms with Crippen LogP contribution in [0.2, 0.25) is 0 Å². The number of sulfonamides is 1. The lowest BCUT2D eigenvalue weighted by molar-refractivity contribution is -0.135. The first-order chi connectivity index (χ1) is 34.5. The summed E-state index contributed by atoms with van der Waals surface area (Å²) in [5.41, 5.74) is 4.28. The highest BCUT2D eigenvalue weighted by atomic mass is 32.2. The highest BCUT2D eigenvalue weighted by molar-refractivity contribution is 7.90. The first-order valence-corrected chi connectivity index (χ1v) is 27.7. The van der Waals surface area contributed by atoms with Crippen LogP contribution < -0.4 is 14.8 Å². The Bertz CT molecular complexity index is 2650. The molecule has 0 radical (unpaired) electrons. The van der Waals surface area contributed by atoms with Crippen LogP contribution in [0, 0.1) is 24.2 Å². The van der Waals surface area contributed by atoms with Crippen LogP contribution in [-0.4, -0.2) is 108 Å². The van der Waals surface area contributed by atoms with Gasteiger partial charge in [-0.1, -0.05) is 69.5 Å². The van der Waals surface area contributed by atoms with Gasteiger partial charge in [0.25, 0.3) is 21.8 Å². The van der Waals surface area contributed by atoms with E-state index in [4.69, 9.17) is 24.3 Å². The molecule has 4 atom stereocenters. The van der Waals surface area contributed by atoms with E-state index < -0.39 is 45.7 Å². The number of carbonyl (C=O) groups is 3. The number of piperidine rings is 1. The zero-order valence-corrected chi connectivity index (χ0v) is 43.8. The lowest BCUT2D eigenvalue weighted by Crippen LogP contribution is -2.37. The number of carboxylic acids is 1. The molecule has 2 aromatic carbocycles. The highest BCUT2D eigenvalue weighted by Crippen LogP contribution is 2.47. The summed E-state index contributed by atoms with van der Waals surface area (Å²) >= 11 is -1.37. The zero-order valence-electron chi connectivity index (χ0n) is 42.1. The Morgan fingerprint density at radius 3 is 2.36 bits per heavy atom. The molecule has 3 heterocycles. The molecule has 3 N–H and O–H groups in total. The van der Waals surface area contributed by atoms with E-state index in [1.54, 1.807) is 38.2 Å². The average Bonchev–Trinajstić information content (AvgIpc) is 3.92. The third-order valence-corrected chi connectivity index (χ3v) is 16.9. The predicted molar refractivity (Wildman–Crippen MR) is 276 cm³/mol. The topological polar surface area (TPSA) is 214 Å². The number of carboxylic acid groups (broad SMARTS) is 1. The smallest absolute Gasteiger partial charge is 0.322 e. The molecule has 7 rings (SSSR count). The Balaban J connectivity index is 0.819. The van der Waals surface area contributed by atoms with Crippen molar-refractivity contribution < 1.29 is 46.7 Å². The fourth-order valence-corrected chi connectivity index (χ4v) is 12.8. The molecular formula is C54H70N6O10S2. The molecule has 72 heavy (non-hydrogen) atoms. The molecular weight excluding hydrogens is 957 g/mol. The summed E-state index contributed by atoms with van der Waals surface area (Å²) in [7, 11) is -2.50. The second-order valence-electron chi connectivity index (χ2n) is 19.9. The van der Waals surface area contributed by atoms with E-state index in [1.165, 1.54) is 22.0 Å². The van der Waals surface area contributed by atoms with Crippen molar-refractivity contribution in [3.8, 4) is 5.75 Å². The minimum atomic E-state index is -4.16. The van der Waals surface area contributed by atoms with Crippen LogP contribution >= 0.6 is 0 Å². The van der Waals surface area contributed by atoms with Gasteiger partial charge in [0, 0.05) is 37.5 Å². The summed E-state index contributed by atoms with van der Waals surface area (Å²) in [6.07, 6.45) is 20.3. The number of hydrogen-bond donors (Lipinski definition) is 3. The van der Waals surface area contributed by atoms with Crippen molar-refractivity contribution in [1.29, 1.82) is 0 Å². The normalized spacial score (nSPS) is 23.4. The molecule has 0 spiro atoms. The number of aromatic nitrogens is 2. The van der Waals surface area contributed by atoms with Crippen molar-refractivity contribution in [3.63, 3.8) is 0 Å². The van der Waals surface area contributed by atoms with Gasteiger partial charge in [-0.25, -0.2) is 18.1 Å². The van der Waals surface area contributed by atoms with Gasteiger partial charge in [0.1, 0.15) is 30.4 Å². The number of aliphatic carboxylic acids is 1. The number of allylic oxidation sites excluding steroid dienone is 4. The van der Waals surface area contributed by atoms with Gasteiger partial charge in [0.2, 0.25) is 5.90 Å². The van der Waals surface area contributed by atoms with Crippen molar-refractivity contribution in [3.05, 3.63) is 119 Å². The number of nitrogens with one attached hydrogen (secondary N) is 2. The van der Waals surface area contributed by atoms with Crippen molar-refractivity contribution in [2.75, 3.05) is 46.1 Å². The minimum Gasteiger partial charge on any atom is -0.593 e. The maximum absolute atomic E-state index is 14.1. The summed E-state index contributed by atoms with van der Waals surface area (Å²) in [4.78, 5) is 42.3. The minimum absolute atomic E-state index is 0.0124. The molecule has 3 unspecified atom stereocenters. The van der Waals surface area contributed by atoms with Crippen molar-refractivity contribution in [2.45, 2.75) is 114 Å². The molecule has 2 aliphatic carbocycles. The number of amides is 2. The van der Waals surface area contributed by atoms with Gasteiger partial charge in [-0.15, -0.1) is 4.31 Å². The van der Waals surface area contributed by atoms with Gasteiger partial charge in [-0.05, 0) is 141 Å². The fraction of sp³-hybridized carbons (Fsp3) is 0.500. The van der Waals surface area contributed by atoms with Gasteiger partial charge >= 0.3 is 5.97 Å². The molecule has 1 saturated heterocycles. The van der Waals surface area contributed by atoms with Gasteiger partial charge in [0.05, 0.1) is 36.3 Å². The SMILES string of the molecule is Cc1nn(C)cc1S(=O)(=O)NC(=O)C1=C/C=C(/CCC2C=CC(OCCOCCOc3ccc(C4CCN([S+]([O-])c5ccc(C(=O)NCC(=O)O)cc5)CC4)cc3)=N2)CC/C=C\1C1CCC[C@@H](C)CC1(C)C. The summed E-state index contributed by atoms with van der Waals surface area (Å²) in [5, 5.41) is 15.3. The van der Waals surface area contributed by atoms with Crippen LogP contribution in [-0.2, 0) is 47.5 Å². The van der Waals surface area contributed by atoms with Crippen molar-refractivity contribution in [2.24, 2.45) is 29.3 Å². The Morgan fingerprint density at radius 1 is 0.944 bits per heavy atom. The zero-order chi connectivity index (χ0) is 51.4. The Hall–Kier alpha value is -5.53. The van der Waals surface area contributed by atoms with Crippen LogP contribution in [0.4, 0.5) is 0 Å². The molecule has 3 aromatic rings. The summed E-state index contributed by atoms with van der Waals surface area (Å²) < 4.78 is 63.6. The monoisotopic (exact) mass is 1030 g/mol. The molecule has 0 bridgehead atoms. The number of carbonyl (C=O) groups excluding carboxylic acids is 2. The van der Waals surface area contributed by atoms with E-state index in [0.717, 1.165) is 75.5 Å². The fourth-order valence-electron chi connectivity index (χ4n) is 10.4. The maximum Gasteiger partial charge on any atom is 0.322 e. The van der Waals surface area contributed by atoms with E-state index in [1.807, 2.05) is 40.7 Å². The summed E-state index contributed by atoms with van der Waals surface area (Å²) in [6.45, 7) is 10.8. The third kappa shape index (κ3) is 14.8. The van der Waals surface area contributed by atoms with E-state index in [-0.39, 0.29) is 22.3 Å². The van der Waals surface area contributed by atoms with Crippen LogP contribution in [0.15, 0.2) is 117 Å². The van der Waals surface area contributed by atoms with E-state index in [0.29, 0.717) is 79.0 Å². The first-order valence-electron chi connectivity index (χ1n) is 25.1. The van der Waals surface area contributed by atoms with Crippen LogP contribution in [0.25, 0.3) is 0 Å². The van der Waals surface area contributed by atoms with Gasteiger partial charge in [-0.2, -0.15) is 5.10 Å². The largest absolute Gasteiger partial charge is 0.593 e. The van der Waals surface area contributed by atoms with Crippen molar-refractivity contribution in [1.82, 2.24) is 24.1 Å². The third-order valence-electron chi connectivity index (χ3n) is 14.0. The van der Waals surface area contributed by atoms with Crippen molar-refractivity contribution >= 4 is 45.1 Å². The number of aryl methyl sites for hydroxylation is 2. The Morgan fingerprint density at radius 2 is 1.67 bits per heavy atom. The summed E-state index contributed by atoms with van der Waals surface area (Å²) in [6, 6.07) is 14.4. The molecule has 1 aromatic heterocycles. The van der Waals surface area contributed by atoms with Gasteiger partial charge < -0.3 is 29.2 Å². The van der Waals surface area contributed by atoms with E-state index >= 15 is 0 Å². The molecule has 1 saturated carbocycles. The number of hydrogen-bond acceptors (Lipinski definition) is 12. The molecule has 4 aliphatic rings. The standard InChI is InChI=1S/C54H70N6O10S2/c1-37-8-6-11-48(54(3,4)34-37)46-10-7-9-39(13-24-47(46)53(64)58-72(66,67)49-36-59(5)57-38(49)2)12-18-43-19-25-50(56-43)70-33-31-68-30-32-69-44-20-14-40(15-21-44)41-26-28-60(29-27-41)71(65)45-22-16-42(17-23-45)52(63)55-35-51(61)62/h10,13-17,19-25,36-37,41,43,48H,6-9,11-12,18,26-35H2,1-5H3,(H,55,63)(H,58,64)(H,61,62)/b39-13+,46-10+,47-24+/t37-,43?,48?,71?/m1/s1. The van der Waals surface area contributed by atoms with Crippen LogP contribution in [0.1, 0.15) is 113 Å². The lowest BCUT2D eigenvalue weighted by atomic mass is 9.68. The Kier molecular flexibility index (Phi) is 18.8. The second-order valence-corrected chi connectivity index (χ2v) is 23.1. The molecule has 2 fully saturated rings. The molecule has 16 nitrogen and oxygen atoms in total. The second kappa shape index (κ2) is 24.9. The molecule has 2 amide bonds. The summed E-state index contributed by atoms with van der Waals surface area (Å²) in [5.74, 6) is 0.0974. The maximum atomic E-state index is 14.1. The quantitative estimate of drug-likeness (QED) is 0.0560.